The Balaban J connectivity index is 1.54. The summed E-state index contributed by atoms with van der Waals surface area (Å²) in [7, 11) is 0. The van der Waals surface area contributed by atoms with Crippen molar-refractivity contribution in [1.82, 2.24) is 5.43 Å². The van der Waals surface area contributed by atoms with Crippen LogP contribution in [0.4, 0.5) is 5.69 Å². The van der Waals surface area contributed by atoms with Gasteiger partial charge in [-0.15, -0.1) is 0 Å². The van der Waals surface area contributed by atoms with E-state index in [9.17, 15) is 9.59 Å². The van der Waals surface area contributed by atoms with Gasteiger partial charge in [0, 0.05) is 5.56 Å². The Morgan fingerprint density at radius 2 is 1.48 bits per heavy atom. The molecule has 31 heavy (non-hydrogen) atoms. The van der Waals surface area contributed by atoms with Crippen LogP contribution in [-0.2, 0) is 9.59 Å². The van der Waals surface area contributed by atoms with Crippen molar-refractivity contribution >= 4 is 45.3 Å². The van der Waals surface area contributed by atoms with Crippen LogP contribution < -0.4 is 15.5 Å². The van der Waals surface area contributed by atoms with E-state index in [0.717, 1.165) is 27.1 Å². The summed E-state index contributed by atoms with van der Waals surface area (Å²) in [5.41, 5.74) is 3.61. The second-order valence-electron chi connectivity index (χ2n) is 6.81. The lowest BCUT2D eigenvalue weighted by atomic mass is 9.97. The number of rotatable bonds is 5. The molecular weight excluding hydrogens is 390 g/mol. The first kappa shape index (κ1) is 20.1. The van der Waals surface area contributed by atoms with E-state index in [1.165, 1.54) is 0 Å². The highest BCUT2D eigenvalue weighted by Crippen LogP contribution is 2.27. The summed E-state index contributed by atoms with van der Waals surface area (Å²) in [6.45, 7) is 2.29. The van der Waals surface area contributed by atoms with Gasteiger partial charge in [0.05, 0.1) is 18.5 Å². The highest BCUT2D eigenvalue weighted by molar-refractivity contribution is 6.39. The summed E-state index contributed by atoms with van der Waals surface area (Å²) in [4.78, 5) is 24.5. The van der Waals surface area contributed by atoms with Gasteiger partial charge in [-0.05, 0) is 46.7 Å². The molecule has 0 unspecified atom stereocenters. The number of hydrazone groups is 1. The van der Waals surface area contributed by atoms with E-state index in [4.69, 9.17) is 4.74 Å². The quantitative estimate of drug-likeness (QED) is 0.220. The van der Waals surface area contributed by atoms with Crippen LogP contribution in [0, 0.1) is 0 Å². The predicted octanol–water partition coefficient (Wildman–Crippen LogP) is 4.48. The molecule has 0 aromatic heterocycles. The van der Waals surface area contributed by atoms with Gasteiger partial charge >= 0.3 is 11.8 Å². The summed E-state index contributed by atoms with van der Waals surface area (Å²) in [5.74, 6) is -1.20. The minimum atomic E-state index is -0.868. The average Bonchev–Trinajstić information content (AvgIpc) is 2.80. The first-order valence-electron chi connectivity index (χ1n) is 9.94. The first-order chi connectivity index (χ1) is 15.2. The molecule has 4 aromatic carbocycles. The molecule has 0 atom stereocenters. The molecule has 0 aliphatic carbocycles. The summed E-state index contributed by atoms with van der Waals surface area (Å²) >= 11 is 0. The van der Waals surface area contributed by atoms with Crippen LogP contribution in [0.5, 0.6) is 5.75 Å². The number of amides is 2. The van der Waals surface area contributed by atoms with E-state index in [-0.39, 0.29) is 0 Å². The maximum atomic E-state index is 12.3. The number of hydrogen-bond acceptors (Lipinski definition) is 4. The zero-order valence-electron chi connectivity index (χ0n) is 17.0. The lowest BCUT2D eigenvalue weighted by Gasteiger charge is -2.10. The lowest BCUT2D eigenvalue weighted by molar-refractivity contribution is -0.136. The van der Waals surface area contributed by atoms with Crippen molar-refractivity contribution in [3.8, 4) is 5.75 Å². The molecule has 0 fully saturated rings. The molecule has 4 aromatic rings. The molecule has 0 bridgehead atoms. The summed E-state index contributed by atoms with van der Waals surface area (Å²) in [5, 5.41) is 10.8. The topological polar surface area (TPSA) is 79.8 Å². The molecule has 6 heteroatoms. The molecule has 2 N–H and O–H groups in total. The van der Waals surface area contributed by atoms with Crippen LogP contribution in [0.25, 0.3) is 21.5 Å². The SMILES string of the molecule is CCOc1ccccc1NC(=O)C(=O)N/N=C\c1c2ccccc2cc2ccccc12. The Morgan fingerprint density at radius 3 is 2.16 bits per heavy atom. The normalized spacial score (nSPS) is 11.0. The third kappa shape index (κ3) is 4.38. The number of nitrogens with zero attached hydrogens (tertiary/aromatic N) is 1. The number of carbonyl (C=O) groups is 2. The number of anilines is 1. The van der Waals surface area contributed by atoms with E-state index in [1.54, 1.807) is 30.5 Å². The van der Waals surface area contributed by atoms with Crippen molar-refractivity contribution in [1.29, 1.82) is 0 Å². The first-order valence-corrected chi connectivity index (χ1v) is 9.94. The van der Waals surface area contributed by atoms with Gasteiger partial charge < -0.3 is 10.1 Å². The van der Waals surface area contributed by atoms with Crippen LogP contribution in [0.2, 0.25) is 0 Å². The van der Waals surface area contributed by atoms with Crippen LogP contribution in [0.3, 0.4) is 0 Å². The Kier molecular flexibility index (Phi) is 5.89. The number of hydrogen-bond donors (Lipinski definition) is 2. The van der Waals surface area contributed by atoms with Gasteiger partial charge in [-0.25, -0.2) is 5.43 Å². The smallest absolute Gasteiger partial charge is 0.329 e. The van der Waals surface area contributed by atoms with Crippen molar-refractivity contribution in [2.75, 3.05) is 11.9 Å². The standard InChI is InChI=1S/C25H21N3O3/c1-2-31-23-14-8-7-13-22(23)27-24(29)25(30)28-26-16-21-19-11-5-3-9-17(19)15-18-10-4-6-12-20(18)21/h3-16H,2H2,1H3,(H,27,29)(H,28,30)/b26-16-. The van der Waals surface area contributed by atoms with E-state index in [1.807, 2.05) is 55.5 Å². The summed E-state index contributed by atoms with van der Waals surface area (Å²) in [6.07, 6.45) is 1.57. The van der Waals surface area contributed by atoms with E-state index < -0.39 is 11.8 Å². The number of carbonyl (C=O) groups excluding carboxylic acids is 2. The van der Waals surface area contributed by atoms with E-state index >= 15 is 0 Å². The second kappa shape index (κ2) is 9.09. The highest BCUT2D eigenvalue weighted by atomic mass is 16.5. The molecule has 154 valence electrons. The van der Waals surface area contributed by atoms with E-state index in [0.29, 0.717) is 18.0 Å². The largest absolute Gasteiger partial charge is 0.492 e. The zero-order chi connectivity index (χ0) is 21.6. The van der Waals surface area contributed by atoms with Gasteiger partial charge in [-0.3, -0.25) is 9.59 Å². The van der Waals surface area contributed by atoms with Crippen molar-refractivity contribution < 1.29 is 14.3 Å². The molecule has 0 aliphatic rings. The average molecular weight is 411 g/mol. The molecule has 0 saturated heterocycles. The predicted molar refractivity (Wildman–Crippen MR) is 123 cm³/mol. The number of benzene rings is 4. The Hall–Kier alpha value is -4.19. The monoisotopic (exact) mass is 411 g/mol. The van der Waals surface area contributed by atoms with Crippen molar-refractivity contribution in [2.45, 2.75) is 6.92 Å². The Morgan fingerprint density at radius 1 is 0.871 bits per heavy atom. The van der Waals surface area contributed by atoms with Crippen LogP contribution in [-0.4, -0.2) is 24.6 Å². The maximum absolute atomic E-state index is 12.3. The molecule has 0 heterocycles. The van der Waals surface area contributed by atoms with Gasteiger partial charge in [0.1, 0.15) is 5.75 Å². The van der Waals surface area contributed by atoms with Crippen molar-refractivity contribution in [3.05, 3.63) is 84.4 Å². The molecule has 0 radical (unpaired) electrons. The van der Waals surface area contributed by atoms with Gasteiger partial charge in [-0.1, -0.05) is 60.7 Å². The Labute approximate surface area is 179 Å². The van der Waals surface area contributed by atoms with Gasteiger partial charge in [-0.2, -0.15) is 5.10 Å². The second-order valence-corrected chi connectivity index (χ2v) is 6.81. The number of ether oxygens (including phenoxy) is 1. The molecule has 0 saturated carbocycles. The van der Waals surface area contributed by atoms with Crippen LogP contribution in [0.1, 0.15) is 12.5 Å². The molecule has 4 rings (SSSR count). The van der Waals surface area contributed by atoms with Crippen molar-refractivity contribution in [3.63, 3.8) is 0 Å². The van der Waals surface area contributed by atoms with Gasteiger partial charge in [0.2, 0.25) is 0 Å². The summed E-state index contributed by atoms with van der Waals surface area (Å²) < 4.78 is 5.46. The lowest BCUT2D eigenvalue weighted by Crippen LogP contribution is -2.32. The maximum Gasteiger partial charge on any atom is 0.329 e. The van der Waals surface area contributed by atoms with Crippen LogP contribution >= 0.6 is 0 Å². The minimum Gasteiger partial charge on any atom is -0.492 e. The number of fused-ring (bicyclic) bond motifs is 2. The van der Waals surface area contributed by atoms with Gasteiger partial charge in [0.15, 0.2) is 0 Å². The third-order valence-electron chi connectivity index (χ3n) is 4.81. The van der Waals surface area contributed by atoms with E-state index in [2.05, 4.69) is 21.9 Å². The Bertz CT molecular complexity index is 1240. The molecule has 2 amide bonds. The minimum absolute atomic E-state index is 0.425. The summed E-state index contributed by atoms with van der Waals surface area (Å²) in [6, 6.07) is 25.0. The fourth-order valence-electron chi connectivity index (χ4n) is 3.42. The fourth-order valence-corrected chi connectivity index (χ4v) is 3.42. The number of para-hydroxylation sites is 2. The molecule has 6 nitrogen and oxygen atoms in total. The number of nitrogens with one attached hydrogen (secondary N) is 2. The fraction of sp³-hybridized carbons (Fsp3) is 0.0800. The molecule has 0 aliphatic heterocycles. The molecule has 0 spiro atoms. The van der Waals surface area contributed by atoms with Crippen LogP contribution in [0.15, 0.2) is 84.0 Å². The third-order valence-corrected chi connectivity index (χ3v) is 4.81. The molecular formula is C25H21N3O3. The zero-order valence-corrected chi connectivity index (χ0v) is 17.0. The van der Waals surface area contributed by atoms with Crippen molar-refractivity contribution in [2.24, 2.45) is 5.10 Å². The van der Waals surface area contributed by atoms with Gasteiger partial charge in [0.25, 0.3) is 0 Å². The highest BCUT2D eigenvalue weighted by Gasteiger charge is 2.15.